The van der Waals surface area contributed by atoms with E-state index in [0.717, 1.165) is 18.5 Å². The highest BCUT2D eigenvalue weighted by Gasteiger charge is 2.21. The smallest absolute Gasteiger partial charge is 0.0598 e. The van der Waals surface area contributed by atoms with E-state index >= 15 is 0 Å². The number of halogens is 2. The summed E-state index contributed by atoms with van der Waals surface area (Å²) in [7, 11) is 0. The Hall–Kier alpha value is -1.02. The third kappa shape index (κ3) is 3.11. The van der Waals surface area contributed by atoms with Crippen molar-refractivity contribution in [2.45, 2.75) is 32.2 Å². The summed E-state index contributed by atoms with van der Waals surface area (Å²) in [6, 6.07) is 13.1. The molecular weight excluding hydrogens is 301 g/mol. The van der Waals surface area contributed by atoms with Gasteiger partial charge in [-0.05, 0) is 60.2 Å². The molecule has 0 heterocycles. The SMILES string of the molecule is CCCNC1CCc2cc(-c3ccc(Cl)c(Cl)c3)ccc21. The number of nitrogens with one attached hydrogen (secondary N) is 1. The molecule has 0 spiro atoms. The maximum atomic E-state index is 6.12. The average Bonchev–Trinajstić information content (AvgIpc) is 2.90. The van der Waals surface area contributed by atoms with Crippen LogP contribution in [0.4, 0.5) is 0 Å². The van der Waals surface area contributed by atoms with Gasteiger partial charge in [-0.25, -0.2) is 0 Å². The van der Waals surface area contributed by atoms with E-state index in [9.17, 15) is 0 Å². The van der Waals surface area contributed by atoms with Gasteiger partial charge in [0.2, 0.25) is 0 Å². The van der Waals surface area contributed by atoms with Crippen LogP contribution < -0.4 is 5.32 Å². The molecule has 0 fully saturated rings. The summed E-state index contributed by atoms with van der Waals surface area (Å²) in [6.45, 7) is 3.29. The highest BCUT2D eigenvalue weighted by molar-refractivity contribution is 6.42. The molecular formula is C18H19Cl2N. The highest BCUT2D eigenvalue weighted by atomic mass is 35.5. The largest absolute Gasteiger partial charge is 0.310 e. The maximum absolute atomic E-state index is 6.12. The highest BCUT2D eigenvalue weighted by Crippen LogP contribution is 2.35. The van der Waals surface area contributed by atoms with Gasteiger partial charge < -0.3 is 5.32 Å². The lowest BCUT2D eigenvalue weighted by atomic mass is 10.00. The Balaban J connectivity index is 1.88. The molecule has 1 atom stereocenters. The molecule has 0 bridgehead atoms. The predicted octanol–water partition coefficient (Wildman–Crippen LogP) is 5.65. The molecule has 0 saturated heterocycles. The normalized spacial score (nSPS) is 17.0. The molecule has 0 aromatic heterocycles. The molecule has 3 rings (SSSR count). The third-order valence-corrected chi connectivity index (χ3v) is 4.85. The molecule has 1 N–H and O–H groups in total. The minimum absolute atomic E-state index is 0.516. The Kier molecular flexibility index (Phi) is 4.54. The predicted molar refractivity (Wildman–Crippen MR) is 91.3 cm³/mol. The number of rotatable bonds is 4. The van der Waals surface area contributed by atoms with Crippen LogP contribution in [0.3, 0.4) is 0 Å². The summed E-state index contributed by atoms with van der Waals surface area (Å²) in [6.07, 6.45) is 3.51. The molecule has 0 radical (unpaired) electrons. The summed E-state index contributed by atoms with van der Waals surface area (Å²) in [5.74, 6) is 0. The molecule has 0 amide bonds. The lowest BCUT2D eigenvalue weighted by Gasteiger charge is -2.14. The number of hydrogen-bond acceptors (Lipinski definition) is 1. The standard InChI is InChI=1S/C18H19Cl2N/c1-2-9-21-18-8-5-14-10-12(3-6-15(14)18)13-4-7-16(19)17(20)11-13/h3-4,6-7,10-11,18,21H,2,5,8-9H2,1H3. The van der Waals surface area contributed by atoms with Crippen LogP contribution in [0, 0.1) is 0 Å². The van der Waals surface area contributed by atoms with Crippen molar-refractivity contribution in [2.24, 2.45) is 0 Å². The summed E-state index contributed by atoms with van der Waals surface area (Å²) in [5.41, 5.74) is 5.24. The summed E-state index contributed by atoms with van der Waals surface area (Å²) in [4.78, 5) is 0. The molecule has 110 valence electrons. The topological polar surface area (TPSA) is 12.0 Å². The zero-order valence-electron chi connectivity index (χ0n) is 12.1. The second-order valence-corrected chi connectivity index (χ2v) is 6.40. The van der Waals surface area contributed by atoms with Crippen molar-refractivity contribution in [2.75, 3.05) is 6.54 Å². The first-order chi connectivity index (χ1) is 10.2. The molecule has 3 heteroatoms. The van der Waals surface area contributed by atoms with E-state index in [1.807, 2.05) is 18.2 Å². The Labute approximate surface area is 136 Å². The van der Waals surface area contributed by atoms with Crippen molar-refractivity contribution < 1.29 is 0 Å². The van der Waals surface area contributed by atoms with E-state index in [-0.39, 0.29) is 0 Å². The number of benzene rings is 2. The molecule has 2 aromatic rings. The first-order valence-corrected chi connectivity index (χ1v) is 8.26. The molecule has 1 nitrogen and oxygen atoms in total. The second-order valence-electron chi connectivity index (χ2n) is 5.59. The fourth-order valence-corrected chi connectivity index (χ4v) is 3.30. The molecule has 21 heavy (non-hydrogen) atoms. The van der Waals surface area contributed by atoms with Gasteiger partial charge in [0, 0.05) is 6.04 Å². The van der Waals surface area contributed by atoms with Gasteiger partial charge in [-0.3, -0.25) is 0 Å². The summed E-state index contributed by atoms with van der Waals surface area (Å²) < 4.78 is 0. The summed E-state index contributed by atoms with van der Waals surface area (Å²) in [5, 5.41) is 4.84. The monoisotopic (exact) mass is 319 g/mol. The Morgan fingerprint density at radius 3 is 2.57 bits per heavy atom. The van der Waals surface area contributed by atoms with Gasteiger partial charge in [0.05, 0.1) is 10.0 Å². The van der Waals surface area contributed by atoms with Crippen molar-refractivity contribution in [1.82, 2.24) is 5.32 Å². The summed E-state index contributed by atoms with van der Waals surface area (Å²) >= 11 is 12.1. The number of aryl methyl sites for hydroxylation is 1. The van der Waals surface area contributed by atoms with Crippen LogP contribution >= 0.6 is 23.2 Å². The third-order valence-electron chi connectivity index (χ3n) is 4.11. The van der Waals surface area contributed by atoms with Crippen LogP contribution in [0.1, 0.15) is 36.9 Å². The van der Waals surface area contributed by atoms with Crippen molar-refractivity contribution in [3.63, 3.8) is 0 Å². The van der Waals surface area contributed by atoms with E-state index in [1.54, 1.807) is 0 Å². The Morgan fingerprint density at radius 2 is 1.81 bits per heavy atom. The van der Waals surface area contributed by atoms with Crippen molar-refractivity contribution in [3.05, 3.63) is 57.6 Å². The van der Waals surface area contributed by atoms with Gasteiger partial charge >= 0.3 is 0 Å². The molecule has 1 aliphatic rings. The van der Waals surface area contributed by atoms with E-state index in [1.165, 1.54) is 29.5 Å². The van der Waals surface area contributed by atoms with Gasteiger partial charge in [0.25, 0.3) is 0 Å². The van der Waals surface area contributed by atoms with E-state index in [4.69, 9.17) is 23.2 Å². The first-order valence-electron chi connectivity index (χ1n) is 7.50. The minimum Gasteiger partial charge on any atom is -0.310 e. The molecule has 0 aliphatic heterocycles. The molecule has 1 aliphatic carbocycles. The lowest BCUT2D eigenvalue weighted by Crippen LogP contribution is -2.19. The average molecular weight is 320 g/mol. The zero-order valence-corrected chi connectivity index (χ0v) is 13.6. The van der Waals surface area contributed by atoms with Gasteiger partial charge in [-0.2, -0.15) is 0 Å². The van der Waals surface area contributed by atoms with E-state index in [0.29, 0.717) is 16.1 Å². The molecule has 2 aromatic carbocycles. The fraction of sp³-hybridized carbons (Fsp3) is 0.333. The number of fused-ring (bicyclic) bond motifs is 1. The quantitative estimate of drug-likeness (QED) is 0.768. The van der Waals surface area contributed by atoms with Crippen LogP contribution in [0.25, 0.3) is 11.1 Å². The Bertz CT molecular complexity index is 652. The van der Waals surface area contributed by atoms with Crippen molar-refractivity contribution >= 4 is 23.2 Å². The van der Waals surface area contributed by atoms with Gasteiger partial charge in [-0.1, -0.05) is 54.4 Å². The first kappa shape index (κ1) is 14.9. The fourth-order valence-electron chi connectivity index (χ4n) is 3.00. The molecule has 0 saturated carbocycles. The van der Waals surface area contributed by atoms with Crippen LogP contribution in [0.15, 0.2) is 36.4 Å². The van der Waals surface area contributed by atoms with Gasteiger partial charge in [0.1, 0.15) is 0 Å². The maximum Gasteiger partial charge on any atom is 0.0598 e. The number of hydrogen-bond donors (Lipinski definition) is 1. The van der Waals surface area contributed by atoms with Crippen LogP contribution in [-0.4, -0.2) is 6.54 Å². The van der Waals surface area contributed by atoms with Gasteiger partial charge in [-0.15, -0.1) is 0 Å². The lowest BCUT2D eigenvalue weighted by molar-refractivity contribution is 0.529. The zero-order chi connectivity index (χ0) is 14.8. The van der Waals surface area contributed by atoms with Gasteiger partial charge in [0.15, 0.2) is 0 Å². The minimum atomic E-state index is 0.516. The van der Waals surface area contributed by atoms with E-state index in [2.05, 4.69) is 30.4 Å². The van der Waals surface area contributed by atoms with Crippen LogP contribution in [0.2, 0.25) is 10.0 Å². The Morgan fingerprint density at radius 1 is 1.05 bits per heavy atom. The van der Waals surface area contributed by atoms with Crippen LogP contribution in [0.5, 0.6) is 0 Å². The second kappa shape index (κ2) is 6.39. The van der Waals surface area contributed by atoms with E-state index < -0.39 is 0 Å². The van der Waals surface area contributed by atoms with Crippen molar-refractivity contribution in [1.29, 1.82) is 0 Å². The van der Waals surface area contributed by atoms with Crippen molar-refractivity contribution in [3.8, 4) is 11.1 Å². The molecule has 1 unspecified atom stereocenters. The van der Waals surface area contributed by atoms with Crippen LogP contribution in [-0.2, 0) is 6.42 Å².